The normalized spacial score (nSPS) is 14.4. The zero-order valence-electron chi connectivity index (χ0n) is 9.42. The molecule has 0 rings (SSSR count). The fourth-order valence-corrected chi connectivity index (χ4v) is 1.30. The van der Waals surface area contributed by atoms with Gasteiger partial charge in [0.25, 0.3) is 0 Å². The maximum absolute atomic E-state index is 2.30. The Morgan fingerprint density at radius 3 is 2.46 bits per heavy atom. The molecule has 0 aromatic rings. The minimum Gasteiger partial charge on any atom is -0.0845 e. The predicted molar refractivity (Wildman–Crippen MR) is 61.9 cm³/mol. The second-order valence-corrected chi connectivity index (χ2v) is 3.72. The summed E-state index contributed by atoms with van der Waals surface area (Å²) in [6.07, 6.45) is 15.4. The number of rotatable bonds is 7. The highest BCUT2D eigenvalue weighted by atomic mass is 14.0. The van der Waals surface area contributed by atoms with Crippen molar-refractivity contribution >= 4 is 0 Å². The molecule has 0 heteroatoms. The van der Waals surface area contributed by atoms with Gasteiger partial charge >= 0.3 is 0 Å². The van der Waals surface area contributed by atoms with Crippen LogP contribution >= 0.6 is 0 Å². The van der Waals surface area contributed by atoms with Crippen LogP contribution in [0.2, 0.25) is 0 Å². The molecule has 76 valence electrons. The molecule has 0 fully saturated rings. The van der Waals surface area contributed by atoms with E-state index in [-0.39, 0.29) is 0 Å². The molecule has 0 aliphatic heterocycles. The molecule has 0 nitrogen and oxygen atoms in total. The Kier molecular flexibility index (Phi) is 9.18. The third-order valence-electron chi connectivity index (χ3n) is 2.16. The molecule has 0 heterocycles. The lowest BCUT2D eigenvalue weighted by Gasteiger charge is -2.00. The lowest BCUT2D eigenvalue weighted by atomic mass is 10.1. The van der Waals surface area contributed by atoms with Crippen LogP contribution in [0.15, 0.2) is 24.3 Å². The topological polar surface area (TPSA) is 0 Å². The zero-order chi connectivity index (χ0) is 9.94. The molecule has 0 saturated carbocycles. The fraction of sp³-hybridized carbons (Fsp3) is 0.692. The third-order valence-corrected chi connectivity index (χ3v) is 2.16. The first-order valence-corrected chi connectivity index (χ1v) is 5.64. The van der Waals surface area contributed by atoms with Crippen molar-refractivity contribution < 1.29 is 0 Å². The molecule has 0 aliphatic carbocycles. The van der Waals surface area contributed by atoms with Gasteiger partial charge in [-0.05, 0) is 18.8 Å². The molecule has 0 aliphatic rings. The SMILES string of the molecule is CCCCC=CC=CC(C)CCC. The minimum absolute atomic E-state index is 0.737. The summed E-state index contributed by atoms with van der Waals surface area (Å²) >= 11 is 0. The van der Waals surface area contributed by atoms with E-state index in [1.165, 1.54) is 32.1 Å². The largest absolute Gasteiger partial charge is 0.0845 e. The first-order chi connectivity index (χ1) is 6.31. The van der Waals surface area contributed by atoms with Gasteiger partial charge in [-0.25, -0.2) is 0 Å². The van der Waals surface area contributed by atoms with Crippen molar-refractivity contribution in [2.45, 2.75) is 52.9 Å². The number of unbranched alkanes of at least 4 members (excludes halogenated alkanes) is 2. The Morgan fingerprint density at radius 2 is 1.85 bits per heavy atom. The maximum atomic E-state index is 2.30. The van der Waals surface area contributed by atoms with Gasteiger partial charge in [0.1, 0.15) is 0 Å². The second-order valence-electron chi connectivity index (χ2n) is 3.72. The summed E-state index contributed by atoms with van der Waals surface area (Å²) in [6, 6.07) is 0. The Hall–Kier alpha value is -0.520. The van der Waals surface area contributed by atoms with E-state index in [9.17, 15) is 0 Å². The summed E-state index contributed by atoms with van der Waals surface area (Å²) in [5.74, 6) is 0.737. The highest BCUT2D eigenvalue weighted by molar-refractivity contribution is 5.03. The molecule has 1 atom stereocenters. The Bertz CT molecular complexity index is 142. The molecule has 1 unspecified atom stereocenters. The summed E-state index contributed by atoms with van der Waals surface area (Å²) < 4.78 is 0. The zero-order valence-corrected chi connectivity index (χ0v) is 9.42. The Labute approximate surface area is 83.7 Å². The van der Waals surface area contributed by atoms with Crippen molar-refractivity contribution in [3.8, 4) is 0 Å². The molecular weight excluding hydrogens is 156 g/mol. The summed E-state index contributed by atoms with van der Waals surface area (Å²) in [6.45, 7) is 6.74. The predicted octanol–water partition coefficient (Wildman–Crippen LogP) is 4.73. The van der Waals surface area contributed by atoms with Crippen LogP contribution in [0.25, 0.3) is 0 Å². The average Bonchev–Trinajstić information content (AvgIpc) is 2.11. The molecule has 0 radical (unpaired) electrons. The fourth-order valence-electron chi connectivity index (χ4n) is 1.30. The highest BCUT2D eigenvalue weighted by Gasteiger charge is 1.91. The standard InChI is InChI=1S/C13H24/c1-4-6-7-8-9-10-12-13(3)11-5-2/h8-10,12-13H,4-7,11H2,1-3H3. The van der Waals surface area contributed by atoms with Crippen molar-refractivity contribution in [2.75, 3.05) is 0 Å². The van der Waals surface area contributed by atoms with Crippen molar-refractivity contribution in [1.29, 1.82) is 0 Å². The van der Waals surface area contributed by atoms with Crippen molar-refractivity contribution in [3.63, 3.8) is 0 Å². The van der Waals surface area contributed by atoms with Crippen LogP contribution in [0.1, 0.15) is 52.9 Å². The van der Waals surface area contributed by atoms with Gasteiger partial charge < -0.3 is 0 Å². The van der Waals surface area contributed by atoms with Gasteiger partial charge in [0.2, 0.25) is 0 Å². The number of hydrogen-bond donors (Lipinski definition) is 0. The average molecular weight is 180 g/mol. The summed E-state index contributed by atoms with van der Waals surface area (Å²) in [5, 5.41) is 0. The number of hydrogen-bond acceptors (Lipinski definition) is 0. The minimum atomic E-state index is 0.737. The van der Waals surface area contributed by atoms with Crippen LogP contribution in [0.3, 0.4) is 0 Å². The van der Waals surface area contributed by atoms with Crippen LogP contribution in [-0.4, -0.2) is 0 Å². The van der Waals surface area contributed by atoms with Crippen molar-refractivity contribution in [3.05, 3.63) is 24.3 Å². The summed E-state index contributed by atoms with van der Waals surface area (Å²) in [4.78, 5) is 0. The molecule has 0 amide bonds. The smallest absolute Gasteiger partial charge is 0.0259 e. The first-order valence-electron chi connectivity index (χ1n) is 5.64. The van der Waals surface area contributed by atoms with Crippen LogP contribution < -0.4 is 0 Å². The van der Waals surface area contributed by atoms with E-state index >= 15 is 0 Å². The lowest BCUT2D eigenvalue weighted by molar-refractivity contribution is 0.634. The van der Waals surface area contributed by atoms with Gasteiger partial charge in [0.15, 0.2) is 0 Å². The molecule has 0 spiro atoms. The second kappa shape index (κ2) is 9.57. The van der Waals surface area contributed by atoms with Crippen molar-refractivity contribution in [1.82, 2.24) is 0 Å². The van der Waals surface area contributed by atoms with Crippen molar-refractivity contribution in [2.24, 2.45) is 5.92 Å². The van der Waals surface area contributed by atoms with Gasteiger partial charge in [0.05, 0.1) is 0 Å². The summed E-state index contributed by atoms with van der Waals surface area (Å²) in [7, 11) is 0. The van der Waals surface area contributed by atoms with E-state index in [2.05, 4.69) is 45.1 Å². The van der Waals surface area contributed by atoms with E-state index in [1.54, 1.807) is 0 Å². The van der Waals surface area contributed by atoms with Crippen LogP contribution in [0, 0.1) is 5.92 Å². The van der Waals surface area contributed by atoms with E-state index in [0.717, 1.165) is 5.92 Å². The first kappa shape index (κ1) is 12.5. The van der Waals surface area contributed by atoms with Crippen LogP contribution in [0.4, 0.5) is 0 Å². The van der Waals surface area contributed by atoms with E-state index in [0.29, 0.717) is 0 Å². The van der Waals surface area contributed by atoms with Gasteiger partial charge in [-0.2, -0.15) is 0 Å². The van der Waals surface area contributed by atoms with Gasteiger partial charge in [-0.3, -0.25) is 0 Å². The van der Waals surface area contributed by atoms with Gasteiger partial charge in [0, 0.05) is 0 Å². The molecule has 0 N–H and O–H groups in total. The molecular formula is C13H24. The molecule has 0 bridgehead atoms. The highest BCUT2D eigenvalue weighted by Crippen LogP contribution is 2.06. The van der Waals surface area contributed by atoms with E-state index < -0.39 is 0 Å². The van der Waals surface area contributed by atoms with E-state index in [4.69, 9.17) is 0 Å². The molecule has 13 heavy (non-hydrogen) atoms. The molecule has 0 aromatic carbocycles. The molecule has 0 aromatic heterocycles. The quantitative estimate of drug-likeness (QED) is 0.392. The number of allylic oxidation sites excluding steroid dienone is 4. The molecule has 0 saturated heterocycles. The maximum Gasteiger partial charge on any atom is -0.0259 e. The third kappa shape index (κ3) is 9.39. The lowest BCUT2D eigenvalue weighted by Crippen LogP contribution is -1.85. The monoisotopic (exact) mass is 180 g/mol. The summed E-state index contributed by atoms with van der Waals surface area (Å²) in [5.41, 5.74) is 0. The van der Waals surface area contributed by atoms with E-state index in [1.807, 2.05) is 0 Å². The Balaban J connectivity index is 3.43. The van der Waals surface area contributed by atoms with Gasteiger partial charge in [-0.1, -0.05) is 64.3 Å². The Morgan fingerprint density at radius 1 is 1.08 bits per heavy atom. The van der Waals surface area contributed by atoms with Gasteiger partial charge in [-0.15, -0.1) is 0 Å². The van der Waals surface area contributed by atoms with Crippen LogP contribution in [-0.2, 0) is 0 Å². The van der Waals surface area contributed by atoms with Crippen LogP contribution in [0.5, 0.6) is 0 Å².